The monoisotopic (exact) mass is 486 g/mol. The lowest BCUT2D eigenvalue weighted by Crippen LogP contribution is -2.54. The second-order valence-corrected chi connectivity index (χ2v) is 7.41. The van der Waals surface area contributed by atoms with Crippen molar-refractivity contribution in [2.75, 3.05) is 11.5 Å². The Balaban J connectivity index is 1.94. The number of anilines is 1. The van der Waals surface area contributed by atoms with Gasteiger partial charge in [-0.25, -0.2) is 0 Å². The molecule has 1 aliphatic heterocycles. The van der Waals surface area contributed by atoms with Crippen LogP contribution >= 0.6 is 28.1 Å². The van der Waals surface area contributed by atoms with E-state index in [0.29, 0.717) is 33.8 Å². The van der Waals surface area contributed by atoms with E-state index in [1.54, 1.807) is 54.8 Å². The summed E-state index contributed by atoms with van der Waals surface area (Å²) in [7, 11) is 0. The Morgan fingerprint density at radius 2 is 2.00 bits per heavy atom. The number of nitrogens with one attached hydrogen (secondary N) is 1. The molecule has 154 valence electrons. The quantitative estimate of drug-likeness (QED) is 0.280. The number of nitrogens with zero attached hydrogens (tertiary/aromatic N) is 1. The third-order valence-corrected chi connectivity index (χ3v) is 4.99. The lowest BCUT2D eigenvalue weighted by atomic mass is 10.1. The van der Waals surface area contributed by atoms with E-state index in [9.17, 15) is 9.59 Å². The first-order valence-electron chi connectivity index (χ1n) is 9.16. The fourth-order valence-corrected chi connectivity index (χ4v) is 3.55. The molecule has 8 heteroatoms. The van der Waals surface area contributed by atoms with E-state index in [0.717, 1.165) is 0 Å². The molecule has 0 bridgehead atoms. The summed E-state index contributed by atoms with van der Waals surface area (Å²) in [6.45, 7) is 4.21. The number of halogens is 1. The lowest BCUT2D eigenvalue weighted by Gasteiger charge is -2.29. The van der Waals surface area contributed by atoms with E-state index < -0.39 is 11.8 Å². The van der Waals surface area contributed by atoms with Crippen LogP contribution in [-0.4, -0.2) is 23.5 Å². The molecule has 2 aromatic rings. The fourth-order valence-electron chi connectivity index (χ4n) is 2.78. The fraction of sp³-hybridized carbons (Fsp3) is 0.136. The minimum absolute atomic E-state index is 0.0204. The molecular formula is C22H19BrN2O4S. The maximum absolute atomic E-state index is 13.1. The van der Waals surface area contributed by atoms with Gasteiger partial charge < -0.3 is 9.47 Å². The van der Waals surface area contributed by atoms with Gasteiger partial charge in [-0.3, -0.25) is 19.8 Å². The van der Waals surface area contributed by atoms with Crippen LogP contribution in [0.1, 0.15) is 19.4 Å². The molecule has 3 rings (SSSR count). The number of benzene rings is 2. The van der Waals surface area contributed by atoms with Crippen LogP contribution in [-0.2, 0) is 9.59 Å². The zero-order valence-corrected chi connectivity index (χ0v) is 18.7. The van der Waals surface area contributed by atoms with E-state index in [1.807, 2.05) is 13.8 Å². The van der Waals surface area contributed by atoms with Gasteiger partial charge >= 0.3 is 0 Å². The first kappa shape index (κ1) is 21.7. The number of rotatable bonds is 6. The SMILES string of the molecule is C/C=C/Oc1ccc(/C=C2/C(=O)NC(=S)N(c3cccc(OCC)c3)C2=O)cc1Br. The van der Waals surface area contributed by atoms with Gasteiger partial charge in [0.1, 0.15) is 17.1 Å². The zero-order chi connectivity index (χ0) is 21.7. The van der Waals surface area contributed by atoms with Crippen molar-refractivity contribution < 1.29 is 19.1 Å². The van der Waals surface area contributed by atoms with E-state index in [1.165, 1.54) is 11.0 Å². The normalized spacial score (nSPS) is 15.6. The molecule has 0 aliphatic carbocycles. The molecular weight excluding hydrogens is 468 g/mol. The minimum atomic E-state index is -0.549. The molecule has 1 saturated heterocycles. The van der Waals surface area contributed by atoms with Gasteiger partial charge in [-0.05, 0) is 77.9 Å². The minimum Gasteiger partial charge on any atom is -0.494 e. The number of carbonyl (C=O) groups excluding carboxylic acids is 2. The van der Waals surface area contributed by atoms with Gasteiger partial charge in [-0.2, -0.15) is 0 Å². The van der Waals surface area contributed by atoms with Gasteiger partial charge in [-0.15, -0.1) is 0 Å². The van der Waals surface area contributed by atoms with Crippen LogP contribution in [0.15, 0.2) is 64.8 Å². The molecule has 1 heterocycles. The van der Waals surface area contributed by atoms with Gasteiger partial charge in [0.15, 0.2) is 5.11 Å². The van der Waals surface area contributed by atoms with Crippen molar-refractivity contribution in [3.05, 3.63) is 70.4 Å². The van der Waals surface area contributed by atoms with Crippen LogP contribution in [0, 0.1) is 0 Å². The van der Waals surface area contributed by atoms with Gasteiger partial charge in [-0.1, -0.05) is 18.2 Å². The summed E-state index contributed by atoms with van der Waals surface area (Å²) in [6.07, 6.45) is 4.85. The van der Waals surface area contributed by atoms with Crippen LogP contribution in [0.5, 0.6) is 11.5 Å². The second-order valence-electron chi connectivity index (χ2n) is 6.17. The second kappa shape index (κ2) is 9.69. The summed E-state index contributed by atoms with van der Waals surface area (Å²) < 4.78 is 11.7. The maximum Gasteiger partial charge on any atom is 0.270 e. The van der Waals surface area contributed by atoms with E-state index in [4.69, 9.17) is 21.7 Å². The van der Waals surface area contributed by atoms with Crippen molar-refractivity contribution in [1.82, 2.24) is 5.32 Å². The van der Waals surface area contributed by atoms with Crippen LogP contribution in [0.3, 0.4) is 0 Å². The third-order valence-electron chi connectivity index (χ3n) is 4.09. The Morgan fingerprint density at radius 1 is 1.20 bits per heavy atom. The van der Waals surface area contributed by atoms with Gasteiger partial charge in [0.25, 0.3) is 11.8 Å². The summed E-state index contributed by atoms with van der Waals surface area (Å²) in [5, 5.41) is 2.60. The van der Waals surface area contributed by atoms with Crippen LogP contribution in [0.4, 0.5) is 5.69 Å². The highest BCUT2D eigenvalue weighted by Gasteiger charge is 2.34. The lowest BCUT2D eigenvalue weighted by molar-refractivity contribution is -0.122. The van der Waals surface area contributed by atoms with Crippen molar-refractivity contribution in [2.45, 2.75) is 13.8 Å². The molecule has 0 spiro atoms. The van der Waals surface area contributed by atoms with Gasteiger partial charge in [0, 0.05) is 6.07 Å². The van der Waals surface area contributed by atoms with Crippen LogP contribution in [0.2, 0.25) is 0 Å². The summed E-state index contributed by atoms with van der Waals surface area (Å²) in [4.78, 5) is 26.9. The average Bonchev–Trinajstić information content (AvgIpc) is 2.71. The van der Waals surface area contributed by atoms with Crippen molar-refractivity contribution >= 4 is 56.8 Å². The Kier molecular flexibility index (Phi) is 7.02. The smallest absolute Gasteiger partial charge is 0.270 e. The first-order chi connectivity index (χ1) is 14.4. The Labute approximate surface area is 188 Å². The molecule has 0 atom stereocenters. The predicted molar refractivity (Wildman–Crippen MR) is 123 cm³/mol. The number of hydrogen-bond acceptors (Lipinski definition) is 5. The van der Waals surface area contributed by atoms with Crippen LogP contribution in [0.25, 0.3) is 6.08 Å². The van der Waals surface area contributed by atoms with Crippen molar-refractivity contribution in [1.29, 1.82) is 0 Å². The number of thiocarbonyl (C=S) groups is 1. The van der Waals surface area contributed by atoms with E-state index in [2.05, 4.69) is 21.2 Å². The molecule has 2 amide bonds. The number of carbonyl (C=O) groups is 2. The Morgan fingerprint density at radius 3 is 2.70 bits per heavy atom. The molecule has 6 nitrogen and oxygen atoms in total. The van der Waals surface area contributed by atoms with E-state index >= 15 is 0 Å². The van der Waals surface area contributed by atoms with Crippen molar-refractivity contribution in [3.63, 3.8) is 0 Å². The molecule has 1 fully saturated rings. The average molecular weight is 487 g/mol. The summed E-state index contributed by atoms with van der Waals surface area (Å²) in [5.74, 6) is 0.161. The van der Waals surface area contributed by atoms with Gasteiger partial charge in [0.05, 0.1) is 23.0 Å². The van der Waals surface area contributed by atoms with Crippen molar-refractivity contribution in [2.24, 2.45) is 0 Å². The van der Waals surface area contributed by atoms with Crippen molar-refractivity contribution in [3.8, 4) is 11.5 Å². The number of hydrogen-bond donors (Lipinski definition) is 1. The van der Waals surface area contributed by atoms with Crippen LogP contribution < -0.4 is 19.7 Å². The molecule has 0 unspecified atom stereocenters. The molecule has 30 heavy (non-hydrogen) atoms. The van der Waals surface area contributed by atoms with Gasteiger partial charge in [0.2, 0.25) is 0 Å². The number of ether oxygens (including phenoxy) is 2. The standard InChI is InChI=1S/C22H19BrN2O4S/c1-3-10-29-19-9-8-14(12-18(19)23)11-17-20(26)24-22(30)25(21(17)27)15-6-5-7-16(13-15)28-4-2/h3,5-13H,4H2,1-2H3,(H,24,26,30)/b10-3+,17-11-. The molecule has 1 N–H and O–H groups in total. The Hall–Kier alpha value is -2.97. The summed E-state index contributed by atoms with van der Waals surface area (Å²) >= 11 is 8.68. The zero-order valence-electron chi connectivity index (χ0n) is 16.3. The largest absolute Gasteiger partial charge is 0.494 e. The highest BCUT2D eigenvalue weighted by atomic mass is 79.9. The molecule has 2 aromatic carbocycles. The summed E-state index contributed by atoms with van der Waals surface area (Å²) in [6, 6.07) is 12.2. The molecule has 1 aliphatic rings. The number of allylic oxidation sites excluding steroid dienone is 1. The topological polar surface area (TPSA) is 67.9 Å². The highest BCUT2D eigenvalue weighted by molar-refractivity contribution is 9.10. The first-order valence-corrected chi connectivity index (χ1v) is 10.4. The summed E-state index contributed by atoms with van der Waals surface area (Å²) in [5.41, 5.74) is 1.14. The highest BCUT2D eigenvalue weighted by Crippen LogP contribution is 2.29. The molecule has 0 saturated carbocycles. The maximum atomic E-state index is 13.1. The van der Waals surface area contributed by atoms with E-state index in [-0.39, 0.29) is 10.7 Å². The third kappa shape index (κ3) is 4.77. The Bertz CT molecular complexity index is 1060. The molecule has 0 radical (unpaired) electrons. The molecule has 0 aromatic heterocycles. The number of amides is 2. The predicted octanol–water partition coefficient (Wildman–Crippen LogP) is 4.59.